The van der Waals surface area contributed by atoms with Gasteiger partial charge in [-0.15, -0.1) is 0 Å². The topological polar surface area (TPSA) is 140 Å². The summed E-state index contributed by atoms with van der Waals surface area (Å²) in [4.78, 5) is 21.6. The van der Waals surface area contributed by atoms with Gasteiger partial charge in [0, 0.05) is 0 Å². The lowest BCUT2D eigenvalue weighted by atomic mass is 12.8. The molecule has 0 fully saturated rings. The lowest BCUT2D eigenvalue weighted by Crippen LogP contribution is -1.66. The number of phosphoric acid groups is 1. The smallest absolute Gasteiger partial charge is 0.305 e. The summed E-state index contributed by atoms with van der Waals surface area (Å²) in [5, 5.41) is 2.25. The van der Waals surface area contributed by atoms with Gasteiger partial charge in [0.25, 0.3) is 0 Å². The van der Waals surface area contributed by atoms with E-state index in [1.54, 1.807) is 0 Å². The number of nitrogens with zero attached hydrogens (tertiary/aromatic N) is 1. The van der Waals surface area contributed by atoms with E-state index in [9.17, 15) is 0 Å². The molecule has 0 rings (SSSR count). The van der Waals surface area contributed by atoms with Crippen molar-refractivity contribution in [1.82, 2.24) is 0 Å². The van der Waals surface area contributed by atoms with Gasteiger partial charge in [-0.25, -0.2) is 4.57 Å². The highest BCUT2D eigenvalue weighted by molar-refractivity contribution is 7.45. The average molecular weight is 143 g/mol. The molecule has 8 heteroatoms. The number of rotatable bonds is 0. The standard InChI is InChI=1S/H3N3.H3O4P/c1-3-2;1-5(2,3)4/h(H3,1,2);(H3,1,2,3,4). The van der Waals surface area contributed by atoms with Crippen molar-refractivity contribution >= 4 is 7.82 Å². The molecule has 0 unspecified atom stereocenters. The summed E-state index contributed by atoms with van der Waals surface area (Å²) in [6.45, 7) is 0. The van der Waals surface area contributed by atoms with Crippen LogP contribution in [0.1, 0.15) is 0 Å². The number of nitrogens with one attached hydrogen (secondary N) is 1. The van der Waals surface area contributed by atoms with E-state index in [2.05, 4.69) is 11.1 Å². The minimum Gasteiger partial charge on any atom is -0.305 e. The Balaban J connectivity index is 0. The summed E-state index contributed by atoms with van der Waals surface area (Å²) in [5.74, 6) is 4.14. The lowest BCUT2D eigenvalue weighted by Gasteiger charge is -1.82. The van der Waals surface area contributed by atoms with Crippen LogP contribution in [0.5, 0.6) is 0 Å². The van der Waals surface area contributed by atoms with Crippen LogP contribution in [0.15, 0.2) is 5.22 Å². The zero-order chi connectivity index (χ0) is 7.21. The molecule has 0 heterocycles. The molecule has 0 aliphatic carbocycles. The fourth-order valence-corrected chi connectivity index (χ4v) is 0. The predicted octanol–water partition coefficient (Wildman–Crippen LogP) is -1.04. The molecule has 0 aliphatic heterocycles. The summed E-state index contributed by atoms with van der Waals surface area (Å²) < 4.78 is 8.88. The van der Waals surface area contributed by atoms with Crippen LogP contribution in [0, 0.1) is 5.53 Å². The maximum Gasteiger partial charge on any atom is 0.466 e. The van der Waals surface area contributed by atoms with Crippen LogP contribution in [0.4, 0.5) is 0 Å². The molecule has 0 saturated heterocycles. The quantitative estimate of drug-likeness (QED) is 0.127. The van der Waals surface area contributed by atoms with Gasteiger partial charge in [-0.3, -0.25) is 0 Å². The molecule has 0 amide bonds. The second-order valence-corrected chi connectivity index (χ2v) is 1.67. The van der Waals surface area contributed by atoms with Crippen molar-refractivity contribution in [3.05, 3.63) is 0 Å². The summed E-state index contributed by atoms with van der Waals surface area (Å²) in [7, 11) is -4.64. The molecule has 0 atom stereocenters. The first-order valence-electron chi connectivity index (χ1n) is 1.26. The van der Waals surface area contributed by atoms with Crippen LogP contribution in [0.3, 0.4) is 0 Å². The fourth-order valence-electron chi connectivity index (χ4n) is 0. The maximum absolute atomic E-state index is 8.88. The zero-order valence-electron chi connectivity index (χ0n) is 3.72. The maximum atomic E-state index is 8.88. The van der Waals surface area contributed by atoms with Crippen molar-refractivity contribution in [2.75, 3.05) is 0 Å². The van der Waals surface area contributed by atoms with Crippen LogP contribution in [-0.2, 0) is 4.57 Å². The molecule has 0 aromatic heterocycles. The van der Waals surface area contributed by atoms with Gasteiger partial charge < -0.3 is 20.5 Å². The molecule has 6 N–H and O–H groups in total. The van der Waals surface area contributed by atoms with Crippen molar-refractivity contribution in [3.63, 3.8) is 0 Å². The third-order valence-corrected chi connectivity index (χ3v) is 0. The van der Waals surface area contributed by atoms with E-state index in [1.165, 1.54) is 0 Å². The first-order valence-corrected chi connectivity index (χ1v) is 2.83. The van der Waals surface area contributed by atoms with Crippen LogP contribution in [-0.4, -0.2) is 14.7 Å². The summed E-state index contributed by atoms with van der Waals surface area (Å²) in [5.41, 5.74) is 5.61. The molecule has 7 nitrogen and oxygen atoms in total. The van der Waals surface area contributed by atoms with Gasteiger partial charge in [0.05, 0.1) is 0 Å². The first kappa shape index (κ1) is 10.5. The summed E-state index contributed by atoms with van der Waals surface area (Å²) in [6, 6.07) is 0. The van der Waals surface area contributed by atoms with Crippen molar-refractivity contribution in [2.24, 2.45) is 11.1 Å². The van der Waals surface area contributed by atoms with Gasteiger partial charge >= 0.3 is 7.82 Å². The Morgan fingerprint density at radius 1 is 1.50 bits per heavy atom. The Kier molecular flexibility index (Phi) is 6.11. The molecule has 8 heavy (non-hydrogen) atoms. The molecule has 0 radical (unpaired) electrons. The Morgan fingerprint density at radius 3 is 1.50 bits per heavy atom. The molecule has 0 spiro atoms. The average Bonchev–Trinajstić information content (AvgIpc) is 1.27. The van der Waals surface area contributed by atoms with Crippen molar-refractivity contribution in [3.8, 4) is 0 Å². The highest BCUT2D eigenvalue weighted by Crippen LogP contribution is 2.25. The number of hydrogen-bond acceptors (Lipinski definition) is 3. The Morgan fingerprint density at radius 2 is 1.50 bits per heavy atom. The van der Waals surface area contributed by atoms with E-state index in [4.69, 9.17) is 24.8 Å². The highest BCUT2D eigenvalue weighted by Gasteiger charge is 2.00. The summed E-state index contributed by atoms with van der Waals surface area (Å²) >= 11 is 0. The molecule has 0 saturated carbocycles. The minimum atomic E-state index is -4.64. The lowest BCUT2D eigenvalue weighted by molar-refractivity contribution is 0.275. The Labute approximate surface area is 44.9 Å². The van der Waals surface area contributed by atoms with E-state index < -0.39 is 7.82 Å². The van der Waals surface area contributed by atoms with Gasteiger partial charge in [0.15, 0.2) is 0 Å². The zero-order valence-corrected chi connectivity index (χ0v) is 4.62. The van der Waals surface area contributed by atoms with E-state index in [1.807, 2.05) is 0 Å². The second-order valence-electron chi connectivity index (χ2n) is 0.642. The van der Waals surface area contributed by atoms with Gasteiger partial charge in [-0.05, 0) is 0 Å². The predicted molar refractivity (Wildman–Crippen MR) is 23.6 cm³/mol. The SMILES string of the molecule is N=NN.O=P(O)(O)O. The van der Waals surface area contributed by atoms with Gasteiger partial charge in [-0.2, -0.15) is 5.53 Å². The fraction of sp³-hybridized carbons (Fsp3) is 0. The van der Waals surface area contributed by atoms with Crippen LogP contribution < -0.4 is 5.84 Å². The van der Waals surface area contributed by atoms with Crippen LogP contribution >= 0.6 is 7.82 Å². The first-order chi connectivity index (χ1) is 3.41. The van der Waals surface area contributed by atoms with Gasteiger partial charge in [-0.1, -0.05) is 5.22 Å². The largest absolute Gasteiger partial charge is 0.466 e. The Hall–Kier alpha value is -0.490. The molecular weight excluding hydrogens is 137 g/mol. The molecule has 0 aromatic carbocycles. The number of nitrogens with two attached hydrogens (primary N) is 1. The van der Waals surface area contributed by atoms with Crippen LogP contribution in [0.25, 0.3) is 0 Å². The minimum absolute atomic E-state index is 2.25. The van der Waals surface area contributed by atoms with E-state index in [0.717, 1.165) is 0 Å². The Bertz CT molecular complexity index is 85.2. The van der Waals surface area contributed by atoms with E-state index >= 15 is 0 Å². The molecule has 0 aliphatic rings. The van der Waals surface area contributed by atoms with Gasteiger partial charge in [0.1, 0.15) is 0 Å². The molecule has 0 bridgehead atoms. The van der Waals surface area contributed by atoms with Gasteiger partial charge in [0.2, 0.25) is 0 Å². The molecule has 0 aromatic rings. The third-order valence-electron chi connectivity index (χ3n) is 0. The van der Waals surface area contributed by atoms with E-state index in [0.29, 0.717) is 0 Å². The normalized spacial score (nSPS) is 8.88. The highest BCUT2D eigenvalue weighted by atomic mass is 31.2. The van der Waals surface area contributed by atoms with Crippen molar-refractivity contribution < 1.29 is 19.2 Å². The van der Waals surface area contributed by atoms with Crippen molar-refractivity contribution in [2.45, 2.75) is 0 Å². The summed E-state index contributed by atoms with van der Waals surface area (Å²) in [6.07, 6.45) is 0. The van der Waals surface area contributed by atoms with E-state index in [-0.39, 0.29) is 0 Å². The second kappa shape index (κ2) is 4.66. The third kappa shape index (κ3) is 467. The van der Waals surface area contributed by atoms with Crippen LogP contribution in [0.2, 0.25) is 0 Å². The van der Waals surface area contributed by atoms with Crippen molar-refractivity contribution in [1.29, 1.82) is 5.53 Å². The molecule has 50 valence electrons. The monoisotopic (exact) mass is 143 g/mol. The number of hydrogen-bond donors (Lipinski definition) is 5. The molecular formula is H6N3O4P.